The number of benzene rings is 2. The van der Waals surface area contributed by atoms with Crippen LogP contribution in [0, 0.1) is 11.3 Å². The van der Waals surface area contributed by atoms with Gasteiger partial charge in [0.2, 0.25) is 0 Å². The third-order valence-corrected chi connectivity index (χ3v) is 4.40. The Morgan fingerprint density at radius 2 is 1.87 bits per heavy atom. The molecule has 0 aliphatic rings. The van der Waals surface area contributed by atoms with Crippen LogP contribution in [0.25, 0.3) is 6.08 Å². The van der Waals surface area contributed by atoms with Crippen LogP contribution in [0.15, 0.2) is 59.5 Å². The maximum atomic E-state index is 12.1. The van der Waals surface area contributed by atoms with Gasteiger partial charge in [-0.05, 0) is 42.0 Å². The molecule has 0 bridgehead atoms. The molecule has 0 saturated heterocycles. The summed E-state index contributed by atoms with van der Waals surface area (Å²) in [4.78, 5) is 11.6. The second-order valence-electron chi connectivity index (χ2n) is 4.49. The lowest BCUT2D eigenvalue weighted by molar-refractivity contribution is -0.114. The summed E-state index contributed by atoms with van der Waals surface area (Å²) in [6.07, 6.45) is 2.57. The molecule has 0 atom stereocenters. The fraction of sp³-hybridized carbons (Fsp3) is 0. The SMILES string of the molecule is N#Cc1cccc(S(=O)(=O)NC(=O)/C=C/c2ccc(Cl)cc2)c1. The van der Waals surface area contributed by atoms with Crippen molar-refractivity contribution < 1.29 is 13.2 Å². The highest BCUT2D eigenvalue weighted by atomic mass is 35.5. The van der Waals surface area contributed by atoms with E-state index in [9.17, 15) is 13.2 Å². The molecule has 116 valence electrons. The van der Waals surface area contributed by atoms with Gasteiger partial charge in [0.1, 0.15) is 0 Å². The van der Waals surface area contributed by atoms with Gasteiger partial charge in [-0.15, -0.1) is 0 Å². The van der Waals surface area contributed by atoms with E-state index in [-0.39, 0.29) is 10.5 Å². The second-order valence-corrected chi connectivity index (χ2v) is 6.61. The van der Waals surface area contributed by atoms with Gasteiger partial charge in [-0.25, -0.2) is 13.1 Å². The first kappa shape index (κ1) is 16.7. The Labute approximate surface area is 138 Å². The van der Waals surface area contributed by atoms with Crippen molar-refractivity contribution in [3.05, 3.63) is 70.8 Å². The number of carbonyl (C=O) groups excluding carboxylic acids is 1. The van der Waals surface area contributed by atoms with Gasteiger partial charge >= 0.3 is 0 Å². The fourth-order valence-corrected chi connectivity index (χ4v) is 2.82. The van der Waals surface area contributed by atoms with Gasteiger partial charge in [0.15, 0.2) is 0 Å². The summed E-state index contributed by atoms with van der Waals surface area (Å²) in [5.41, 5.74) is 0.894. The summed E-state index contributed by atoms with van der Waals surface area (Å²) in [5.74, 6) is -0.790. The Balaban J connectivity index is 2.12. The number of rotatable bonds is 4. The molecular formula is C16H11ClN2O3S. The maximum absolute atomic E-state index is 12.1. The first-order chi connectivity index (χ1) is 10.9. The van der Waals surface area contributed by atoms with E-state index in [2.05, 4.69) is 0 Å². The number of nitrogens with zero attached hydrogens (tertiary/aromatic N) is 1. The largest absolute Gasteiger partial charge is 0.269 e. The summed E-state index contributed by atoms with van der Waals surface area (Å²) in [7, 11) is -4.03. The van der Waals surface area contributed by atoms with Crippen molar-refractivity contribution in [1.82, 2.24) is 4.72 Å². The van der Waals surface area contributed by atoms with E-state index in [0.29, 0.717) is 10.6 Å². The minimum atomic E-state index is -4.03. The predicted molar refractivity (Wildman–Crippen MR) is 87.0 cm³/mol. The third-order valence-electron chi connectivity index (χ3n) is 2.81. The molecule has 0 aliphatic heterocycles. The van der Waals surface area contributed by atoms with Crippen LogP contribution in [0.5, 0.6) is 0 Å². The van der Waals surface area contributed by atoms with Crippen molar-refractivity contribution in [2.24, 2.45) is 0 Å². The highest BCUT2D eigenvalue weighted by Crippen LogP contribution is 2.12. The Morgan fingerprint density at radius 1 is 1.17 bits per heavy atom. The molecule has 0 heterocycles. The number of amides is 1. The molecule has 2 aromatic carbocycles. The van der Waals surface area contributed by atoms with Crippen LogP contribution in [-0.2, 0) is 14.8 Å². The molecule has 0 saturated carbocycles. The number of halogens is 1. The summed E-state index contributed by atoms with van der Waals surface area (Å²) < 4.78 is 26.1. The lowest BCUT2D eigenvalue weighted by Crippen LogP contribution is -2.29. The average Bonchev–Trinajstić information content (AvgIpc) is 2.54. The van der Waals surface area contributed by atoms with Crippen molar-refractivity contribution in [3.63, 3.8) is 0 Å². The quantitative estimate of drug-likeness (QED) is 0.862. The highest BCUT2D eigenvalue weighted by Gasteiger charge is 2.16. The zero-order chi connectivity index (χ0) is 16.9. The lowest BCUT2D eigenvalue weighted by Gasteiger charge is -2.04. The van der Waals surface area contributed by atoms with Gasteiger partial charge in [-0.2, -0.15) is 5.26 Å². The molecule has 2 rings (SSSR count). The minimum Gasteiger partial charge on any atom is -0.269 e. The van der Waals surface area contributed by atoms with Crippen LogP contribution in [0.1, 0.15) is 11.1 Å². The number of nitriles is 1. The van der Waals surface area contributed by atoms with Crippen LogP contribution >= 0.6 is 11.6 Å². The smallest absolute Gasteiger partial charge is 0.264 e. The van der Waals surface area contributed by atoms with Crippen LogP contribution in [0.3, 0.4) is 0 Å². The van der Waals surface area contributed by atoms with Gasteiger partial charge in [0, 0.05) is 11.1 Å². The molecule has 0 aliphatic carbocycles. The zero-order valence-electron chi connectivity index (χ0n) is 11.7. The predicted octanol–water partition coefficient (Wildman–Crippen LogP) is 2.73. The first-order valence-corrected chi connectivity index (χ1v) is 8.27. The van der Waals surface area contributed by atoms with Crippen LogP contribution in [-0.4, -0.2) is 14.3 Å². The van der Waals surface area contributed by atoms with Crippen molar-refractivity contribution in [2.75, 3.05) is 0 Å². The van der Waals surface area contributed by atoms with Gasteiger partial charge in [0.25, 0.3) is 15.9 Å². The van der Waals surface area contributed by atoms with E-state index in [0.717, 1.165) is 6.08 Å². The maximum Gasteiger partial charge on any atom is 0.264 e. The molecule has 5 nitrogen and oxygen atoms in total. The molecule has 0 unspecified atom stereocenters. The number of sulfonamides is 1. The monoisotopic (exact) mass is 346 g/mol. The molecule has 1 N–H and O–H groups in total. The Bertz CT molecular complexity index is 898. The average molecular weight is 347 g/mol. The van der Waals surface area contributed by atoms with E-state index in [4.69, 9.17) is 16.9 Å². The van der Waals surface area contributed by atoms with E-state index in [1.54, 1.807) is 24.3 Å². The summed E-state index contributed by atoms with van der Waals surface area (Å²) in [6, 6.07) is 13.9. The van der Waals surface area contributed by atoms with E-state index >= 15 is 0 Å². The van der Waals surface area contributed by atoms with Crippen LogP contribution in [0.4, 0.5) is 0 Å². The van der Waals surface area contributed by atoms with Gasteiger partial charge in [0.05, 0.1) is 16.5 Å². The number of nitrogens with one attached hydrogen (secondary N) is 1. The Morgan fingerprint density at radius 3 is 2.52 bits per heavy atom. The van der Waals surface area contributed by atoms with E-state index in [1.165, 1.54) is 30.3 Å². The topological polar surface area (TPSA) is 87.0 Å². The number of hydrogen-bond acceptors (Lipinski definition) is 4. The van der Waals surface area contributed by atoms with Crippen LogP contribution in [0.2, 0.25) is 5.02 Å². The van der Waals surface area contributed by atoms with Crippen molar-refractivity contribution >= 4 is 33.6 Å². The van der Waals surface area contributed by atoms with Crippen molar-refractivity contribution in [1.29, 1.82) is 5.26 Å². The zero-order valence-corrected chi connectivity index (χ0v) is 13.3. The van der Waals surface area contributed by atoms with E-state index < -0.39 is 15.9 Å². The molecule has 7 heteroatoms. The minimum absolute atomic E-state index is 0.148. The lowest BCUT2D eigenvalue weighted by atomic mass is 10.2. The summed E-state index contributed by atoms with van der Waals surface area (Å²) in [5, 5.41) is 9.35. The van der Waals surface area contributed by atoms with Gasteiger partial charge in [-0.3, -0.25) is 4.79 Å². The molecule has 0 fully saturated rings. The number of carbonyl (C=O) groups is 1. The molecule has 0 aromatic heterocycles. The number of hydrogen-bond donors (Lipinski definition) is 1. The van der Waals surface area contributed by atoms with Crippen molar-refractivity contribution in [2.45, 2.75) is 4.90 Å². The summed E-state index contributed by atoms with van der Waals surface area (Å²) >= 11 is 5.75. The highest BCUT2D eigenvalue weighted by molar-refractivity contribution is 7.90. The van der Waals surface area contributed by atoms with Crippen molar-refractivity contribution in [3.8, 4) is 6.07 Å². The summed E-state index contributed by atoms with van der Waals surface area (Å²) in [6.45, 7) is 0. The molecule has 23 heavy (non-hydrogen) atoms. The van der Waals surface area contributed by atoms with Gasteiger partial charge in [-0.1, -0.05) is 29.8 Å². The standard InChI is InChI=1S/C16H11ClN2O3S/c17-14-7-4-12(5-8-14)6-9-16(20)19-23(21,22)15-3-1-2-13(10-15)11-18/h1-10H,(H,19,20)/b9-6+. The third kappa shape index (κ3) is 4.68. The Kier molecular flexibility index (Phi) is 5.16. The van der Waals surface area contributed by atoms with Gasteiger partial charge < -0.3 is 0 Å². The Hall–Kier alpha value is -2.62. The normalized spacial score (nSPS) is 11.1. The van der Waals surface area contributed by atoms with E-state index in [1.807, 2.05) is 10.8 Å². The fourth-order valence-electron chi connectivity index (χ4n) is 1.70. The molecule has 2 aromatic rings. The molecule has 0 radical (unpaired) electrons. The van der Waals surface area contributed by atoms with Crippen LogP contribution < -0.4 is 4.72 Å². The molecule has 1 amide bonds. The molecular weight excluding hydrogens is 336 g/mol. The second kappa shape index (κ2) is 7.09. The first-order valence-electron chi connectivity index (χ1n) is 6.41. The molecule has 0 spiro atoms.